The number of aromatic nitrogens is 3. The van der Waals surface area contributed by atoms with Gasteiger partial charge in [0.25, 0.3) is 5.91 Å². The van der Waals surface area contributed by atoms with Crippen LogP contribution in [0.5, 0.6) is 0 Å². The minimum atomic E-state index is -0.204. The Bertz CT molecular complexity index is 966. The van der Waals surface area contributed by atoms with Crippen molar-refractivity contribution in [2.24, 2.45) is 0 Å². The number of nitrogens with zero attached hydrogens (tertiary/aromatic N) is 3. The molecular formula is C19H17N5O2. The van der Waals surface area contributed by atoms with E-state index in [1.165, 1.54) is 0 Å². The third-order valence-corrected chi connectivity index (χ3v) is 4.28. The molecule has 0 radical (unpaired) electrons. The van der Waals surface area contributed by atoms with E-state index in [0.29, 0.717) is 17.7 Å². The number of aryl methyl sites for hydroxylation is 1. The fraction of sp³-hybridized carbons (Fsp3) is 0.158. The molecule has 130 valence electrons. The van der Waals surface area contributed by atoms with Crippen molar-refractivity contribution in [2.45, 2.75) is 19.3 Å². The molecule has 0 atom stereocenters. The van der Waals surface area contributed by atoms with Gasteiger partial charge in [-0.1, -0.05) is 11.3 Å². The van der Waals surface area contributed by atoms with Crippen LogP contribution >= 0.6 is 0 Å². The normalized spacial score (nSPS) is 13.5. The first-order valence-corrected chi connectivity index (χ1v) is 8.40. The zero-order valence-corrected chi connectivity index (χ0v) is 14.0. The summed E-state index contributed by atoms with van der Waals surface area (Å²) < 4.78 is 1.60. The number of rotatable bonds is 3. The highest BCUT2D eigenvalue weighted by molar-refractivity contribution is 6.05. The molecule has 0 fully saturated rings. The molecule has 26 heavy (non-hydrogen) atoms. The Morgan fingerprint density at radius 1 is 1.15 bits per heavy atom. The number of hydrogen-bond donors (Lipinski definition) is 2. The molecule has 0 saturated heterocycles. The van der Waals surface area contributed by atoms with Crippen molar-refractivity contribution in [3.63, 3.8) is 0 Å². The summed E-state index contributed by atoms with van der Waals surface area (Å²) in [5.41, 5.74) is 3.85. The standard InChI is InChI=1S/C19H17N5O2/c25-18-6-2-3-13-11-15(7-8-17(13)22-18)21-19(26)14-4-1-5-16(12-14)24-10-9-20-23-24/h1,4-5,7-12H,2-3,6H2,(H,21,26)(H,22,25). The van der Waals surface area contributed by atoms with Gasteiger partial charge in [-0.25, -0.2) is 4.68 Å². The highest BCUT2D eigenvalue weighted by atomic mass is 16.2. The molecule has 2 N–H and O–H groups in total. The van der Waals surface area contributed by atoms with Crippen molar-refractivity contribution in [3.8, 4) is 5.69 Å². The van der Waals surface area contributed by atoms with Crippen molar-refractivity contribution in [1.29, 1.82) is 0 Å². The van der Waals surface area contributed by atoms with Gasteiger partial charge in [-0.3, -0.25) is 9.59 Å². The van der Waals surface area contributed by atoms with Gasteiger partial charge in [-0.15, -0.1) is 5.10 Å². The van der Waals surface area contributed by atoms with Crippen molar-refractivity contribution in [2.75, 3.05) is 10.6 Å². The maximum atomic E-state index is 12.6. The molecule has 0 bridgehead atoms. The zero-order valence-electron chi connectivity index (χ0n) is 14.0. The van der Waals surface area contributed by atoms with Crippen molar-refractivity contribution in [1.82, 2.24) is 15.0 Å². The van der Waals surface area contributed by atoms with E-state index >= 15 is 0 Å². The molecule has 7 nitrogen and oxygen atoms in total. The third-order valence-electron chi connectivity index (χ3n) is 4.28. The largest absolute Gasteiger partial charge is 0.326 e. The lowest BCUT2D eigenvalue weighted by Gasteiger charge is -2.11. The van der Waals surface area contributed by atoms with Gasteiger partial charge in [-0.05, 0) is 54.8 Å². The lowest BCUT2D eigenvalue weighted by Crippen LogP contribution is -2.13. The molecule has 2 heterocycles. The average Bonchev–Trinajstić information content (AvgIpc) is 3.12. The summed E-state index contributed by atoms with van der Waals surface area (Å²) in [6, 6.07) is 12.7. The predicted molar refractivity (Wildman–Crippen MR) is 97.3 cm³/mol. The lowest BCUT2D eigenvalue weighted by molar-refractivity contribution is -0.116. The molecule has 0 aliphatic carbocycles. The van der Waals surface area contributed by atoms with Gasteiger partial charge in [-0.2, -0.15) is 0 Å². The molecule has 4 rings (SSSR count). The molecule has 0 unspecified atom stereocenters. The summed E-state index contributed by atoms with van der Waals surface area (Å²) in [5, 5.41) is 13.5. The molecular weight excluding hydrogens is 330 g/mol. The first kappa shape index (κ1) is 16.0. The molecule has 2 amide bonds. The number of nitrogens with one attached hydrogen (secondary N) is 2. The molecule has 7 heteroatoms. The van der Waals surface area contributed by atoms with Crippen LogP contribution in [0.1, 0.15) is 28.8 Å². The summed E-state index contributed by atoms with van der Waals surface area (Å²) in [7, 11) is 0. The number of carbonyl (C=O) groups excluding carboxylic acids is 2. The minimum absolute atomic E-state index is 0.0328. The van der Waals surface area contributed by atoms with E-state index in [1.54, 1.807) is 41.3 Å². The first-order valence-electron chi connectivity index (χ1n) is 8.40. The van der Waals surface area contributed by atoms with Gasteiger partial charge in [0, 0.05) is 23.4 Å². The quantitative estimate of drug-likeness (QED) is 0.762. The summed E-state index contributed by atoms with van der Waals surface area (Å²) in [5.74, 6) is -0.171. The van der Waals surface area contributed by atoms with Crippen LogP contribution in [0.2, 0.25) is 0 Å². The summed E-state index contributed by atoms with van der Waals surface area (Å²) in [6.07, 6.45) is 5.43. The van der Waals surface area contributed by atoms with E-state index in [0.717, 1.165) is 29.8 Å². The predicted octanol–water partition coefficient (Wildman–Crippen LogP) is 2.79. The Morgan fingerprint density at radius 2 is 2.08 bits per heavy atom. The van der Waals surface area contributed by atoms with Crippen molar-refractivity contribution in [3.05, 3.63) is 66.0 Å². The van der Waals surface area contributed by atoms with E-state index in [9.17, 15) is 9.59 Å². The highest BCUT2D eigenvalue weighted by Crippen LogP contribution is 2.25. The lowest BCUT2D eigenvalue weighted by atomic mass is 10.1. The second-order valence-corrected chi connectivity index (χ2v) is 6.13. The van der Waals surface area contributed by atoms with E-state index in [1.807, 2.05) is 18.2 Å². The fourth-order valence-corrected chi connectivity index (χ4v) is 2.99. The number of fused-ring (bicyclic) bond motifs is 1. The fourth-order valence-electron chi connectivity index (χ4n) is 2.99. The SMILES string of the molecule is O=C1CCCc2cc(NC(=O)c3cccc(-n4ccnn4)c3)ccc2N1. The number of amides is 2. The van der Waals surface area contributed by atoms with E-state index in [2.05, 4.69) is 20.9 Å². The Morgan fingerprint density at radius 3 is 2.92 bits per heavy atom. The van der Waals surface area contributed by atoms with Crippen LogP contribution in [0.3, 0.4) is 0 Å². The van der Waals surface area contributed by atoms with Crippen molar-refractivity contribution >= 4 is 23.2 Å². The smallest absolute Gasteiger partial charge is 0.255 e. The summed E-state index contributed by atoms with van der Waals surface area (Å²) in [6.45, 7) is 0. The number of carbonyl (C=O) groups is 2. The highest BCUT2D eigenvalue weighted by Gasteiger charge is 2.14. The topological polar surface area (TPSA) is 88.9 Å². The maximum absolute atomic E-state index is 12.6. The van der Waals surface area contributed by atoms with Crippen LogP contribution in [0.4, 0.5) is 11.4 Å². The van der Waals surface area contributed by atoms with Gasteiger partial charge in [0.05, 0.1) is 18.1 Å². The van der Waals surface area contributed by atoms with Crippen LogP contribution < -0.4 is 10.6 Å². The van der Waals surface area contributed by atoms with Crippen LogP contribution in [-0.4, -0.2) is 26.8 Å². The van der Waals surface area contributed by atoms with Gasteiger partial charge in [0.2, 0.25) is 5.91 Å². The minimum Gasteiger partial charge on any atom is -0.326 e. The number of hydrogen-bond acceptors (Lipinski definition) is 4. The van der Waals surface area contributed by atoms with Gasteiger partial charge in [0.1, 0.15) is 0 Å². The number of benzene rings is 2. The molecule has 0 spiro atoms. The van der Waals surface area contributed by atoms with E-state index in [4.69, 9.17) is 0 Å². The second-order valence-electron chi connectivity index (χ2n) is 6.13. The second kappa shape index (κ2) is 6.79. The Hall–Kier alpha value is -3.48. The van der Waals surface area contributed by atoms with Crippen molar-refractivity contribution < 1.29 is 9.59 Å². The molecule has 1 aliphatic rings. The van der Waals surface area contributed by atoms with Crippen LogP contribution in [-0.2, 0) is 11.2 Å². The van der Waals surface area contributed by atoms with Gasteiger partial charge >= 0.3 is 0 Å². The maximum Gasteiger partial charge on any atom is 0.255 e. The van der Waals surface area contributed by atoms with Crippen LogP contribution in [0, 0.1) is 0 Å². The molecule has 1 aromatic heterocycles. The van der Waals surface area contributed by atoms with Gasteiger partial charge in [0.15, 0.2) is 0 Å². The molecule has 0 saturated carbocycles. The molecule has 3 aromatic rings. The Balaban J connectivity index is 1.54. The summed E-state index contributed by atoms with van der Waals surface area (Å²) in [4.78, 5) is 24.2. The zero-order chi connectivity index (χ0) is 17.9. The van der Waals surface area contributed by atoms with E-state index < -0.39 is 0 Å². The van der Waals surface area contributed by atoms with Gasteiger partial charge < -0.3 is 10.6 Å². The Labute approximate surface area is 150 Å². The molecule has 1 aliphatic heterocycles. The van der Waals surface area contributed by atoms with E-state index in [-0.39, 0.29) is 11.8 Å². The third kappa shape index (κ3) is 3.32. The molecule has 2 aromatic carbocycles. The first-order chi connectivity index (χ1) is 12.7. The van der Waals surface area contributed by atoms with Crippen LogP contribution in [0.25, 0.3) is 5.69 Å². The van der Waals surface area contributed by atoms with Crippen LogP contribution in [0.15, 0.2) is 54.9 Å². The number of anilines is 2. The average molecular weight is 347 g/mol. The monoisotopic (exact) mass is 347 g/mol. The Kier molecular flexibility index (Phi) is 4.18. The summed E-state index contributed by atoms with van der Waals surface area (Å²) >= 11 is 0.